The molecule has 0 unspecified atom stereocenters. The Kier molecular flexibility index (Phi) is 8.13. The molecule has 3 rings (SSSR count). The molecule has 0 aliphatic rings. The van der Waals surface area contributed by atoms with Gasteiger partial charge in [-0.1, -0.05) is 30.4 Å². The zero-order chi connectivity index (χ0) is 21.5. The van der Waals surface area contributed by atoms with Crippen LogP contribution >= 0.6 is 23.1 Å². The van der Waals surface area contributed by atoms with Gasteiger partial charge < -0.3 is 9.64 Å². The Balaban J connectivity index is 1.71. The number of thiazole rings is 1. The summed E-state index contributed by atoms with van der Waals surface area (Å²) >= 11 is 3.29. The first-order chi connectivity index (χ1) is 14.5. The molecular weight excluding hydrogens is 414 g/mol. The zero-order valence-electron chi connectivity index (χ0n) is 18.1. The number of hydrogen-bond acceptors (Lipinski definition) is 6. The first kappa shape index (κ1) is 22.6. The van der Waals surface area contributed by atoms with Gasteiger partial charge in [0.05, 0.1) is 17.3 Å². The highest BCUT2D eigenvalue weighted by molar-refractivity contribution is 7.99. The van der Waals surface area contributed by atoms with Gasteiger partial charge in [0, 0.05) is 30.2 Å². The standard InChI is InChI=1S/C23H29N3O2S2/c1-5-17-7-6-8-20-22(17)24-23(30-20)26(15-14-25(2)3)21(27)13-16-29-19-11-9-18(28-4)10-12-19/h6-12H,5,13-16H2,1-4H3. The minimum atomic E-state index is 0.120. The second-order valence-electron chi connectivity index (χ2n) is 7.24. The van der Waals surface area contributed by atoms with E-state index in [1.54, 1.807) is 30.2 Å². The Morgan fingerprint density at radius 1 is 1.13 bits per heavy atom. The van der Waals surface area contributed by atoms with Gasteiger partial charge >= 0.3 is 0 Å². The van der Waals surface area contributed by atoms with Gasteiger partial charge in [-0.25, -0.2) is 4.98 Å². The van der Waals surface area contributed by atoms with E-state index in [1.807, 2.05) is 43.3 Å². The lowest BCUT2D eigenvalue weighted by Gasteiger charge is -2.22. The number of methoxy groups -OCH3 is 1. The maximum atomic E-state index is 13.1. The molecule has 0 N–H and O–H groups in total. The summed E-state index contributed by atoms with van der Waals surface area (Å²) in [5.41, 5.74) is 2.25. The van der Waals surface area contributed by atoms with Crippen LogP contribution in [0.2, 0.25) is 0 Å². The Hall–Kier alpha value is -2.09. The molecule has 2 aromatic carbocycles. The Labute approximate surface area is 187 Å². The molecule has 1 amide bonds. The smallest absolute Gasteiger partial charge is 0.229 e. The Morgan fingerprint density at radius 2 is 1.90 bits per heavy atom. The van der Waals surface area contributed by atoms with Crippen LogP contribution in [0, 0.1) is 0 Å². The van der Waals surface area contributed by atoms with Crippen LogP contribution in [0.4, 0.5) is 5.13 Å². The first-order valence-corrected chi connectivity index (χ1v) is 11.9. The molecule has 0 aliphatic heterocycles. The van der Waals surface area contributed by atoms with E-state index in [2.05, 4.69) is 30.0 Å². The number of aryl methyl sites for hydroxylation is 1. The molecule has 0 radical (unpaired) electrons. The van der Waals surface area contributed by atoms with Crippen molar-refractivity contribution in [1.82, 2.24) is 9.88 Å². The van der Waals surface area contributed by atoms with Crippen LogP contribution in [0.5, 0.6) is 5.75 Å². The normalized spacial score (nSPS) is 11.2. The Morgan fingerprint density at radius 3 is 2.57 bits per heavy atom. The van der Waals surface area contributed by atoms with Crippen molar-refractivity contribution in [2.75, 3.05) is 44.9 Å². The minimum Gasteiger partial charge on any atom is -0.497 e. The zero-order valence-corrected chi connectivity index (χ0v) is 19.7. The average Bonchev–Trinajstić information content (AvgIpc) is 3.18. The second kappa shape index (κ2) is 10.8. The van der Waals surface area contributed by atoms with Gasteiger partial charge in [-0.15, -0.1) is 11.8 Å². The van der Waals surface area contributed by atoms with Crippen molar-refractivity contribution in [2.45, 2.75) is 24.7 Å². The predicted molar refractivity (Wildman–Crippen MR) is 128 cm³/mol. The van der Waals surface area contributed by atoms with E-state index in [0.717, 1.165) is 44.7 Å². The third-order valence-corrected chi connectivity index (χ3v) is 6.88. The fourth-order valence-corrected chi connectivity index (χ4v) is 4.98. The van der Waals surface area contributed by atoms with E-state index < -0.39 is 0 Å². The quantitative estimate of drug-likeness (QED) is 0.415. The van der Waals surface area contributed by atoms with Crippen LogP contribution in [0.15, 0.2) is 47.4 Å². The predicted octanol–water partition coefficient (Wildman–Crippen LogP) is 4.94. The number of fused-ring (bicyclic) bond motifs is 1. The molecule has 0 fully saturated rings. The summed E-state index contributed by atoms with van der Waals surface area (Å²) in [6.45, 7) is 3.58. The number of ether oxygens (including phenoxy) is 1. The summed E-state index contributed by atoms with van der Waals surface area (Å²) in [7, 11) is 5.71. The van der Waals surface area contributed by atoms with Gasteiger partial charge in [0.25, 0.3) is 0 Å². The number of likely N-dealkylation sites (N-methyl/N-ethyl adjacent to an activating group) is 1. The summed E-state index contributed by atoms with van der Waals surface area (Å²) in [5.74, 6) is 1.69. The van der Waals surface area contributed by atoms with Crippen LogP contribution in [0.25, 0.3) is 10.2 Å². The van der Waals surface area contributed by atoms with Crippen molar-refractivity contribution in [3.8, 4) is 5.75 Å². The van der Waals surface area contributed by atoms with Crippen molar-refractivity contribution in [2.24, 2.45) is 0 Å². The number of benzene rings is 2. The third-order valence-electron chi connectivity index (χ3n) is 4.82. The number of carbonyl (C=O) groups excluding carboxylic acids is 1. The summed E-state index contributed by atoms with van der Waals surface area (Å²) in [4.78, 5) is 23.1. The SMILES string of the molecule is CCc1cccc2sc(N(CCN(C)C)C(=O)CCSc3ccc(OC)cc3)nc12. The fourth-order valence-electron chi connectivity index (χ4n) is 3.08. The van der Waals surface area contributed by atoms with Crippen LogP contribution < -0.4 is 9.64 Å². The molecule has 0 atom stereocenters. The van der Waals surface area contributed by atoms with Gasteiger partial charge in [0.15, 0.2) is 5.13 Å². The number of carbonyl (C=O) groups is 1. The number of hydrogen-bond donors (Lipinski definition) is 0. The first-order valence-electron chi connectivity index (χ1n) is 10.1. The van der Waals surface area contributed by atoms with Crippen molar-refractivity contribution in [1.29, 1.82) is 0 Å². The number of amides is 1. The lowest BCUT2D eigenvalue weighted by molar-refractivity contribution is -0.118. The average molecular weight is 444 g/mol. The second-order valence-corrected chi connectivity index (χ2v) is 9.41. The highest BCUT2D eigenvalue weighted by atomic mass is 32.2. The molecule has 3 aromatic rings. The van der Waals surface area contributed by atoms with Crippen LogP contribution in [-0.2, 0) is 11.2 Å². The van der Waals surface area contributed by atoms with Crippen molar-refractivity contribution < 1.29 is 9.53 Å². The molecule has 1 aromatic heterocycles. The number of anilines is 1. The molecule has 1 heterocycles. The summed E-state index contributed by atoms with van der Waals surface area (Å²) in [6.07, 6.45) is 1.41. The molecular formula is C23H29N3O2S2. The third kappa shape index (κ3) is 5.74. The molecule has 0 spiro atoms. The van der Waals surface area contributed by atoms with E-state index in [1.165, 1.54) is 5.56 Å². The summed E-state index contributed by atoms with van der Waals surface area (Å²) in [5, 5.41) is 0.798. The molecule has 30 heavy (non-hydrogen) atoms. The topological polar surface area (TPSA) is 45.7 Å². The van der Waals surface area contributed by atoms with E-state index in [9.17, 15) is 4.79 Å². The molecule has 7 heteroatoms. The number of rotatable bonds is 10. The summed E-state index contributed by atoms with van der Waals surface area (Å²) in [6, 6.07) is 14.2. The van der Waals surface area contributed by atoms with Crippen LogP contribution in [0.3, 0.4) is 0 Å². The van der Waals surface area contributed by atoms with Crippen molar-refractivity contribution in [3.63, 3.8) is 0 Å². The van der Waals surface area contributed by atoms with Gasteiger partial charge in [0.1, 0.15) is 5.75 Å². The van der Waals surface area contributed by atoms with Crippen molar-refractivity contribution in [3.05, 3.63) is 48.0 Å². The maximum absolute atomic E-state index is 13.1. The number of nitrogens with zero attached hydrogens (tertiary/aromatic N) is 3. The molecule has 160 valence electrons. The minimum absolute atomic E-state index is 0.120. The monoisotopic (exact) mass is 443 g/mol. The fraction of sp³-hybridized carbons (Fsp3) is 0.391. The number of thioether (sulfide) groups is 1. The summed E-state index contributed by atoms with van der Waals surface area (Å²) < 4.78 is 6.34. The van der Waals surface area contributed by atoms with E-state index >= 15 is 0 Å². The van der Waals surface area contributed by atoms with Gasteiger partial charge in [-0.05, 0) is 56.4 Å². The van der Waals surface area contributed by atoms with Crippen LogP contribution in [0.1, 0.15) is 18.9 Å². The van der Waals surface area contributed by atoms with E-state index in [0.29, 0.717) is 13.0 Å². The number of para-hydroxylation sites is 1. The lowest BCUT2D eigenvalue weighted by Crippen LogP contribution is -2.36. The Bertz CT molecular complexity index is 970. The van der Waals surface area contributed by atoms with Crippen LogP contribution in [-0.4, -0.2) is 55.8 Å². The largest absolute Gasteiger partial charge is 0.497 e. The molecule has 5 nitrogen and oxygen atoms in total. The van der Waals surface area contributed by atoms with Gasteiger partial charge in [0.2, 0.25) is 5.91 Å². The maximum Gasteiger partial charge on any atom is 0.229 e. The lowest BCUT2D eigenvalue weighted by atomic mass is 10.1. The van der Waals surface area contributed by atoms with Gasteiger partial charge in [-0.3, -0.25) is 9.69 Å². The highest BCUT2D eigenvalue weighted by Crippen LogP contribution is 2.31. The molecule has 0 aliphatic carbocycles. The highest BCUT2D eigenvalue weighted by Gasteiger charge is 2.20. The molecule has 0 bridgehead atoms. The van der Waals surface area contributed by atoms with E-state index in [4.69, 9.17) is 9.72 Å². The molecule has 0 saturated carbocycles. The van der Waals surface area contributed by atoms with Crippen molar-refractivity contribution >= 4 is 44.4 Å². The number of aromatic nitrogens is 1. The van der Waals surface area contributed by atoms with Gasteiger partial charge in [-0.2, -0.15) is 0 Å². The molecule has 0 saturated heterocycles. The van der Waals surface area contributed by atoms with E-state index in [-0.39, 0.29) is 5.91 Å².